The van der Waals surface area contributed by atoms with Crippen molar-refractivity contribution in [3.05, 3.63) is 23.5 Å². The zero-order valence-corrected chi connectivity index (χ0v) is 16.2. The van der Waals surface area contributed by atoms with Gasteiger partial charge in [0.25, 0.3) is 5.91 Å². The Balaban J connectivity index is 1.78. The van der Waals surface area contributed by atoms with Crippen LogP contribution in [0.15, 0.2) is 12.1 Å². The largest absolute Gasteiger partial charge is 0.506 e. The maximum Gasteiger partial charge on any atom is 0.253 e. The van der Waals surface area contributed by atoms with Gasteiger partial charge in [-0.05, 0) is 36.3 Å². The molecular weight excluding hydrogens is 357 g/mol. The van der Waals surface area contributed by atoms with Crippen LogP contribution in [-0.2, 0) is 16.0 Å². The molecule has 1 amide bonds. The molecule has 1 aromatic carbocycles. The van der Waals surface area contributed by atoms with E-state index in [1.54, 1.807) is 6.07 Å². The topological polar surface area (TPSA) is 81.7 Å². The lowest BCUT2D eigenvalue weighted by atomic mass is 9.87. The molecule has 0 spiro atoms. The zero-order chi connectivity index (χ0) is 19.1. The van der Waals surface area contributed by atoms with Gasteiger partial charge in [0.1, 0.15) is 18.0 Å². The summed E-state index contributed by atoms with van der Waals surface area (Å²) in [6.45, 7) is 7.04. The molecule has 0 aliphatic carbocycles. The van der Waals surface area contributed by atoms with Crippen LogP contribution in [-0.4, -0.2) is 34.4 Å². The molecule has 3 N–H and O–H groups in total. The van der Waals surface area contributed by atoms with Crippen molar-refractivity contribution < 1.29 is 18.5 Å². The Hall–Kier alpha value is -1.67. The number of nitrogens with one attached hydrogen (secondary N) is 2. The molecule has 144 valence electrons. The SMILES string of the molecule is CC(C)(C)CC[C@H]1CC(c2ccc(O)c(N3CC(=O)NS3=O)c2F)CN1. The molecule has 2 saturated heterocycles. The third-order valence-corrected chi connectivity index (χ3v) is 6.08. The number of hydrogen-bond acceptors (Lipinski definition) is 4. The van der Waals surface area contributed by atoms with Crippen LogP contribution in [0.25, 0.3) is 0 Å². The molecule has 26 heavy (non-hydrogen) atoms. The molecular formula is C18H26FN3O3S. The fraction of sp³-hybridized carbons (Fsp3) is 0.611. The average molecular weight is 383 g/mol. The molecule has 2 heterocycles. The zero-order valence-electron chi connectivity index (χ0n) is 15.3. The van der Waals surface area contributed by atoms with Crippen molar-refractivity contribution in [1.82, 2.24) is 10.0 Å². The summed E-state index contributed by atoms with van der Waals surface area (Å²) in [6, 6.07) is 3.33. The Morgan fingerprint density at radius 1 is 1.38 bits per heavy atom. The van der Waals surface area contributed by atoms with Gasteiger partial charge in [0.05, 0.1) is 0 Å². The van der Waals surface area contributed by atoms with Crippen molar-refractivity contribution in [2.24, 2.45) is 5.41 Å². The van der Waals surface area contributed by atoms with Crippen LogP contribution in [0.3, 0.4) is 0 Å². The van der Waals surface area contributed by atoms with E-state index in [1.165, 1.54) is 6.07 Å². The fourth-order valence-electron chi connectivity index (χ4n) is 3.54. The Labute approximate surface area is 155 Å². The molecule has 0 bridgehead atoms. The highest BCUT2D eigenvalue weighted by Crippen LogP contribution is 2.39. The first-order valence-electron chi connectivity index (χ1n) is 8.89. The predicted molar refractivity (Wildman–Crippen MR) is 99.5 cm³/mol. The van der Waals surface area contributed by atoms with Crippen molar-refractivity contribution in [1.29, 1.82) is 0 Å². The van der Waals surface area contributed by atoms with Gasteiger partial charge in [-0.3, -0.25) is 13.8 Å². The van der Waals surface area contributed by atoms with E-state index in [0.717, 1.165) is 23.6 Å². The quantitative estimate of drug-likeness (QED) is 0.745. The first kappa shape index (κ1) is 19.1. The third kappa shape index (κ3) is 4.01. The van der Waals surface area contributed by atoms with E-state index < -0.39 is 22.9 Å². The second-order valence-corrected chi connectivity index (χ2v) is 9.43. The summed E-state index contributed by atoms with van der Waals surface area (Å²) in [6.07, 6.45) is 2.93. The number of rotatable bonds is 4. The summed E-state index contributed by atoms with van der Waals surface area (Å²) < 4.78 is 30.4. The summed E-state index contributed by atoms with van der Waals surface area (Å²) in [4.78, 5) is 11.4. The lowest BCUT2D eigenvalue weighted by Crippen LogP contribution is -2.24. The molecule has 0 radical (unpaired) electrons. The van der Waals surface area contributed by atoms with Gasteiger partial charge in [0, 0.05) is 18.5 Å². The lowest BCUT2D eigenvalue weighted by molar-refractivity contribution is -0.117. The number of halogens is 1. The van der Waals surface area contributed by atoms with Crippen molar-refractivity contribution in [2.45, 2.75) is 52.0 Å². The predicted octanol–water partition coefficient (Wildman–Crippen LogP) is 2.32. The first-order valence-corrected chi connectivity index (χ1v) is 10.00. The number of anilines is 1. The standard InChI is InChI=1S/C18H26FN3O3S/c1-18(2,3)7-6-12-8-11(9-20-12)13-4-5-14(23)17(16(13)19)22-10-15(24)21-26(22)25/h4-5,11-12,20,23H,6-10H2,1-3H3,(H,21,24)/t11?,12-,26?/m0/s1. The number of hydrogen-bond donors (Lipinski definition) is 3. The van der Waals surface area contributed by atoms with E-state index in [1.807, 2.05) is 0 Å². The van der Waals surface area contributed by atoms with Gasteiger partial charge >= 0.3 is 0 Å². The van der Waals surface area contributed by atoms with Crippen LogP contribution in [0.5, 0.6) is 5.75 Å². The molecule has 2 unspecified atom stereocenters. The van der Waals surface area contributed by atoms with Crippen LogP contribution in [0.1, 0.15) is 51.5 Å². The molecule has 0 aromatic heterocycles. The van der Waals surface area contributed by atoms with E-state index in [9.17, 15) is 14.1 Å². The number of amides is 1. The number of phenols is 1. The van der Waals surface area contributed by atoms with Crippen molar-refractivity contribution in [3.8, 4) is 5.75 Å². The normalized spacial score (nSPS) is 26.4. The number of phenolic OH excluding ortho intramolecular Hbond substituents is 1. The van der Waals surface area contributed by atoms with Gasteiger partial charge in [0.15, 0.2) is 5.82 Å². The Morgan fingerprint density at radius 3 is 2.73 bits per heavy atom. The summed E-state index contributed by atoms with van der Waals surface area (Å²) in [5.74, 6) is -1.39. The van der Waals surface area contributed by atoms with Crippen molar-refractivity contribution >= 4 is 22.8 Å². The smallest absolute Gasteiger partial charge is 0.253 e. The maximum absolute atomic E-state index is 15.1. The van der Waals surface area contributed by atoms with E-state index in [-0.39, 0.29) is 29.3 Å². The van der Waals surface area contributed by atoms with Crippen LogP contribution >= 0.6 is 0 Å². The van der Waals surface area contributed by atoms with Crippen LogP contribution in [0.4, 0.5) is 10.1 Å². The summed E-state index contributed by atoms with van der Waals surface area (Å²) in [7, 11) is 0. The Kier molecular flexibility index (Phi) is 5.25. The molecule has 0 saturated carbocycles. The molecule has 3 atom stereocenters. The van der Waals surface area contributed by atoms with Crippen LogP contribution < -0.4 is 14.3 Å². The number of carbonyl (C=O) groups excluding carboxylic acids is 1. The fourth-order valence-corrected chi connectivity index (χ4v) is 4.48. The highest BCUT2D eigenvalue weighted by molar-refractivity contribution is 7.85. The maximum atomic E-state index is 15.1. The second kappa shape index (κ2) is 7.15. The van der Waals surface area contributed by atoms with E-state index in [0.29, 0.717) is 18.2 Å². The summed E-state index contributed by atoms with van der Waals surface area (Å²) in [5.41, 5.74) is 0.577. The third-order valence-electron chi connectivity index (χ3n) is 4.97. The second-order valence-electron chi connectivity index (χ2n) is 8.28. The number of nitrogens with zero attached hydrogens (tertiary/aromatic N) is 1. The van der Waals surface area contributed by atoms with Gasteiger partial charge < -0.3 is 10.4 Å². The lowest BCUT2D eigenvalue weighted by Gasteiger charge is -2.21. The van der Waals surface area contributed by atoms with Gasteiger partial charge in [-0.2, -0.15) is 0 Å². The van der Waals surface area contributed by atoms with E-state index >= 15 is 4.39 Å². The van der Waals surface area contributed by atoms with Crippen LogP contribution in [0.2, 0.25) is 0 Å². The molecule has 2 aliphatic heterocycles. The summed E-state index contributed by atoms with van der Waals surface area (Å²) in [5, 5.41) is 13.5. The minimum absolute atomic E-state index is 0.0148. The highest BCUT2D eigenvalue weighted by atomic mass is 32.2. The minimum Gasteiger partial charge on any atom is -0.506 e. The van der Waals surface area contributed by atoms with E-state index in [4.69, 9.17) is 0 Å². The van der Waals surface area contributed by atoms with E-state index in [2.05, 4.69) is 30.8 Å². The van der Waals surface area contributed by atoms with Crippen molar-refractivity contribution in [3.63, 3.8) is 0 Å². The van der Waals surface area contributed by atoms with Gasteiger partial charge in [-0.1, -0.05) is 26.8 Å². The summed E-state index contributed by atoms with van der Waals surface area (Å²) >= 11 is -1.87. The monoisotopic (exact) mass is 383 g/mol. The number of benzene rings is 1. The van der Waals surface area contributed by atoms with Gasteiger partial charge in [-0.25, -0.2) is 8.60 Å². The number of aromatic hydroxyl groups is 1. The Bertz CT molecular complexity index is 735. The average Bonchev–Trinajstić information content (AvgIpc) is 3.12. The molecule has 8 heteroatoms. The molecule has 2 fully saturated rings. The molecule has 1 aromatic rings. The van der Waals surface area contributed by atoms with Gasteiger partial charge in [0.2, 0.25) is 11.2 Å². The molecule has 2 aliphatic rings. The first-order chi connectivity index (χ1) is 12.2. The highest BCUT2D eigenvalue weighted by Gasteiger charge is 2.34. The minimum atomic E-state index is -1.87. The molecule has 3 rings (SSSR count). The van der Waals surface area contributed by atoms with Crippen LogP contribution in [0, 0.1) is 11.2 Å². The molecule has 6 nitrogen and oxygen atoms in total. The Morgan fingerprint density at radius 2 is 2.12 bits per heavy atom. The van der Waals surface area contributed by atoms with Crippen molar-refractivity contribution in [2.75, 3.05) is 17.4 Å². The number of carbonyl (C=O) groups is 1. The van der Waals surface area contributed by atoms with Gasteiger partial charge in [-0.15, -0.1) is 0 Å².